The van der Waals surface area contributed by atoms with Gasteiger partial charge in [-0.3, -0.25) is 9.20 Å². The van der Waals surface area contributed by atoms with Crippen molar-refractivity contribution in [2.45, 2.75) is 19.9 Å². The number of rotatable bonds is 7. The van der Waals surface area contributed by atoms with Gasteiger partial charge in [-0.05, 0) is 17.5 Å². The summed E-state index contributed by atoms with van der Waals surface area (Å²) in [4.78, 5) is 20.4. The zero-order valence-electron chi connectivity index (χ0n) is 16.3. The first kappa shape index (κ1) is 19.4. The van der Waals surface area contributed by atoms with Gasteiger partial charge >= 0.3 is 0 Å². The Kier molecular flexibility index (Phi) is 5.74. The molecule has 148 valence electrons. The molecule has 29 heavy (non-hydrogen) atoms. The number of carbonyl (C=O) groups excluding carboxylic acids is 1. The third-order valence-electron chi connectivity index (χ3n) is 4.96. The maximum Gasteiger partial charge on any atom is 0.272 e. The number of aromatic nitrogens is 2. The summed E-state index contributed by atoms with van der Waals surface area (Å²) in [7, 11) is 0. The summed E-state index contributed by atoms with van der Waals surface area (Å²) in [5, 5.41) is 11.3. The van der Waals surface area contributed by atoms with E-state index < -0.39 is 0 Å². The van der Waals surface area contributed by atoms with Crippen molar-refractivity contribution in [3.8, 4) is 11.3 Å². The van der Waals surface area contributed by atoms with Crippen LogP contribution in [-0.4, -0.2) is 38.4 Å². The van der Waals surface area contributed by atoms with Crippen LogP contribution in [0.15, 0.2) is 66.2 Å². The number of benzene rings is 2. The largest absolute Gasteiger partial charge is 0.395 e. The Morgan fingerprint density at radius 3 is 2.55 bits per heavy atom. The number of amides is 1. The van der Waals surface area contributed by atoms with E-state index in [2.05, 4.69) is 31.2 Å². The van der Waals surface area contributed by atoms with Crippen LogP contribution in [0.4, 0.5) is 0 Å². The van der Waals surface area contributed by atoms with Gasteiger partial charge in [-0.1, -0.05) is 61.5 Å². The monoisotopic (exact) mass is 405 g/mol. The average Bonchev–Trinajstić information content (AvgIpc) is 3.35. The highest BCUT2D eigenvalue weighted by Gasteiger charge is 2.21. The zero-order chi connectivity index (χ0) is 20.2. The van der Waals surface area contributed by atoms with Crippen molar-refractivity contribution in [1.82, 2.24) is 14.3 Å². The lowest BCUT2D eigenvalue weighted by Crippen LogP contribution is -2.33. The maximum absolute atomic E-state index is 13.2. The van der Waals surface area contributed by atoms with E-state index in [0.29, 0.717) is 12.2 Å². The van der Waals surface area contributed by atoms with E-state index in [-0.39, 0.29) is 19.1 Å². The van der Waals surface area contributed by atoms with E-state index >= 15 is 0 Å². The van der Waals surface area contributed by atoms with Gasteiger partial charge in [-0.2, -0.15) is 0 Å². The number of thiazole rings is 1. The molecule has 1 N–H and O–H groups in total. The van der Waals surface area contributed by atoms with Crippen molar-refractivity contribution in [3.05, 3.63) is 83.0 Å². The van der Waals surface area contributed by atoms with E-state index in [4.69, 9.17) is 4.98 Å². The highest BCUT2D eigenvalue weighted by atomic mass is 32.1. The number of hydrogen-bond acceptors (Lipinski definition) is 4. The minimum absolute atomic E-state index is 0.0786. The molecular weight excluding hydrogens is 382 g/mol. The molecule has 4 aromatic rings. The fraction of sp³-hybridized carbons (Fsp3) is 0.217. The standard InChI is InChI=1S/C23H23N3O2S/c1-2-17-8-10-19(11-9-17)20-15-26-21(16-29-23(26)24-20)22(28)25(12-13-27)14-18-6-4-3-5-7-18/h3-11,15-16,27H,2,12-14H2,1H3. The Morgan fingerprint density at radius 1 is 1.10 bits per heavy atom. The first-order chi connectivity index (χ1) is 14.2. The van der Waals surface area contributed by atoms with Crippen LogP contribution in [0.25, 0.3) is 16.2 Å². The Bertz CT molecular complexity index is 1100. The first-order valence-corrected chi connectivity index (χ1v) is 10.6. The van der Waals surface area contributed by atoms with Crippen LogP contribution in [0.1, 0.15) is 28.5 Å². The molecule has 2 heterocycles. The Morgan fingerprint density at radius 2 is 1.86 bits per heavy atom. The molecule has 0 unspecified atom stereocenters. The van der Waals surface area contributed by atoms with E-state index in [1.54, 1.807) is 4.90 Å². The van der Waals surface area contributed by atoms with E-state index in [0.717, 1.165) is 28.2 Å². The molecule has 0 spiro atoms. The second-order valence-corrected chi connectivity index (χ2v) is 7.72. The van der Waals surface area contributed by atoms with E-state index in [1.807, 2.05) is 46.3 Å². The lowest BCUT2D eigenvalue weighted by atomic mass is 10.1. The van der Waals surface area contributed by atoms with Crippen molar-refractivity contribution < 1.29 is 9.90 Å². The smallest absolute Gasteiger partial charge is 0.272 e. The van der Waals surface area contributed by atoms with Crippen LogP contribution in [0.2, 0.25) is 0 Å². The number of aryl methyl sites for hydroxylation is 1. The summed E-state index contributed by atoms with van der Waals surface area (Å²) in [6, 6.07) is 18.2. The van der Waals surface area contributed by atoms with Gasteiger partial charge in [-0.25, -0.2) is 4.98 Å². The molecule has 0 radical (unpaired) electrons. The van der Waals surface area contributed by atoms with E-state index in [1.165, 1.54) is 16.9 Å². The predicted molar refractivity (Wildman–Crippen MR) is 116 cm³/mol. The van der Waals surface area contributed by atoms with Crippen molar-refractivity contribution in [2.75, 3.05) is 13.2 Å². The quantitative estimate of drug-likeness (QED) is 0.500. The molecule has 2 aromatic heterocycles. The molecule has 0 aliphatic carbocycles. The number of nitrogens with zero attached hydrogens (tertiary/aromatic N) is 3. The molecule has 0 aliphatic rings. The highest BCUT2D eigenvalue weighted by molar-refractivity contribution is 7.15. The number of carbonyl (C=O) groups is 1. The van der Waals surface area contributed by atoms with Gasteiger partial charge in [0.2, 0.25) is 0 Å². The van der Waals surface area contributed by atoms with Crippen LogP contribution >= 0.6 is 11.3 Å². The fourth-order valence-electron chi connectivity index (χ4n) is 3.33. The molecule has 0 saturated heterocycles. The van der Waals surface area contributed by atoms with Gasteiger partial charge in [-0.15, -0.1) is 11.3 Å². The van der Waals surface area contributed by atoms with Crippen LogP contribution in [0, 0.1) is 0 Å². The molecule has 6 heteroatoms. The number of aliphatic hydroxyl groups is 1. The van der Waals surface area contributed by atoms with Gasteiger partial charge < -0.3 is 10.0 Å². The number of fused-ring (bicyclic) bond motifs is 1. The van der Waals surface area contributed by atoms with Crippen molar-refractivity contribution in [3.63, 3.8) is 0 Å². The highest BCUT2D eigenvalue weighted by Crippen LogP contribution is 2.25. The Labute approximate surface area is 173 Å². The molecule has 0 fully saturated rings. The van der Waals surface area contributed by atoms with Gasteiger partial charge in [0.1, 0.15) is 5.69 Å². The van der Waals surface area contributed by atoms with Gasteiger partial charge in [0.05, 0.1) is 12.3 Å². The average molecular weight is 406 g/mol. The van der Waals surface area contributed by atoms with E-state index in [9.17, 15) is 9.90 Å². The molecule has 0 aliphatic heterocycles. The molecule has 0 bridgehead atoms. The summed E-state index contributed by atoms with van der Waals surface area (Å²) < 4.78 is 1.85. The van der Waals surface area contributed by atoms with Crippen molar-refractivity contribution in [2.24, 2.45) is 0 Å². The molecule has 4 rings (SSSR count). The van der Waals surface area contributed by atoms with Gasteiger partial charge in [0, 0.05) is 30.2 Å². The molecule has 0 atom stereocenters. The summed E-state index contributed by atoms with van der Waals surface area (Å²) >= 11 is 1.45. The predicted octanol–water partition coefficient (Wildman–Crippen LogP) is 4.26. The number of hydrogen-bond donors (Lipinski definition) is 1. The summed E-state index contributed by atoms with van der Waals surface area (Å²) in [6.07, 6.45) is 2.92. The summed E-state index contributed by atoms with van der Waals surface area (Å²) in [5.41, 5.74) is 4.77. The lowest BCUT2D eigenvalue weighted by Gasteiger charge is -2.21. The Balaban J connectivity index is 1.63. The zero-order valence-corrected chi connectivity index (χ0v) is 17.1. The SMILES string of the molecule is CCc1ccc(-c2cn3c(C(=O)N(CCO)Cc4ccccc4)csc3n2)cc1. The Hall–Kier alpha value is -2.96. The van der Waals surface area contributed by atoms with Crippen molar-refractivity contribution in [1.29, 1.82) is 0 Å². The maximum atomic E-state index is 13.2. The molecule has 5 nitrogen and oxygen atoms in total. The number of aliphatic hydroxyl groups excluding tert-OH is 1. The van der Waals surface area contributed by atoms with Gasteiger partial charge in [0.15, 0.2) is 4.96 Å². The van der Waals surface area contributed by atoms with Gasteiger partial charge in [0.25, 0.3) is 5.91 Å². The topological polar surface area (TPSA) is 57.8 Å². The molecule has 1 amide bonds. The molecular formula is C23H23N3O2S. The third kappa shape index (κ3) is 4.09. The van der Waals surface area contributed by atoms with Crippen LogP contribution in [0.5, 0.6) is 0 Å². The number of imidazole rings is 1. The van der Waals surface area contributed by atoms with Crippen LogP contribution in [-0.2, 0) is 13.0 Å². The van der Waals surface area contributed by atoms with Crippen LogP contribution in [0.3, 0.4) is 0 Å². The first-order valence-electron chi connectivity index (χ1n) is 9.69. The summed E-state index contributed by atoms with van der Waals surface area (Å²) in [5.74, 6) is -0.112. The minimum atomic E-state index is -0.112. The normalized spacial score (nSPS) is 11.1. The minimum Gasteiger partial charge on any atom is -0.395 e. The third-order valence-corrected chi connectivity index (χ3v) is 5.80. The second-order valence-electron chi connectivity index (χ2n) is 6.89. The fourth-order valence-corrected chi connectivity index (χ4v) is 4.17. The summed E-state index contributed by atoms with van der Waals surface area (Å²) in [6.45, 7) is 2.79. The van der Waals surface area contributed by atoms with Crippen LogP contribution < -0.4 is 0 Å². The lowest BCUT2D eigenvalue weighted by molar-refractivity contribution is 0.0701. The molecule has 2 aromatic carbocycles. The molecule has 0 saturated carbocycles. The second kappa shape index (κ2) is 8.59. The van der Waals surface area contributed by atoms with Crippen molar-refractivity contribution >= 4 is 22.2 Å².